The van der Waals surface area contributed by atoms with Gasteiger partial charge in [-0.3, -0.25) is 0 Å². The van der Waals surface area contributed by atoms with E-state index >= 15 is 0 Å². The maximum absolute atomic E-state index is 12.4. The predicted molar refractivity (Wildman–Crippen MR) is 43.4 cm³/mol. The number of rotatable bonds is 2. The molecule has 0 bridgehead atoms. The maximum atomic E-state index is 12.4. The van der Waals surface area contributed by atoms with Gasteiger partial charge in [-0.1, -0.05) is 12.8 Å². The molecule has 0 atom stereocenters. The minimum Gasteiger partial charge on any atom is -0.311 e. The van der Waals surface area contributed by atoms with E-state index in [0.717, 1.165) is 0 Å². The molecule has 12 heavy (non-hydrogen) atoms. The Morgan fingerprint density at radius 1 is 1.00 bits per heavy atom. The molecule has 0 aromatic heterocycles. The standard InChI is InChI=1S/C9H15F2N/c10-9(11)5-8(6-9)12-7-3-1-2-4-7/h7-8,12H,1-6H2. The van der Waals surface area contributed by atoms with Gasteiger partial charge in [-0.15, -0.1) is 0 Å². The fourth-order valence-corrected chi connectivity index (χ4v) is 2.20. The first-order valence-corrected chi connectivity index (χ1v) is 4.80. The maximum Gasteiger partial charge on any atom is 0.251 e. The van der Waals surface area contributed by atoms with E-state index in [-0.39, 0.29) is 18.9 Å². The lowest BCUT2D eigenvalue weighted by Gasteiger charge is -2.37. The van der Waals surface area contributed by atoms with Crippen LogP contribution in [0.25, 0.3) is 0 Å². The predicted octanol–water partition coefficient (Wildman–Crippen LogP) is 2.32. The Labute approximate surface area is 71.5 Å². The average molecular weight is 175 g/mol. The molecule has 2 rings (SSSR count). The van der Waals surface area contributed by atoms with Gasteiger partial charge in [0.15, 0.2) is 0 Å². The van der Waals surface area contributed by atoms with Crippen LogP contribution >= 0.6 is 0 Å². The summed E-state index contributed by atoms with van der Waals surface area (Å²) >= 11 is 0. The molecule has 2 aliphatic carbocycles. The highest BCUT2D eigenvalue weighted by molar-refractivity contribution is 4.93. The molecule has 2 fully saturated rings. The molecule has 1 nitrogen and oxygen atoms in total. The zero-order valence-electron chi connectivity index (χ0n) is 7.15. The van der Waals surface area contributed by atoms with E-state index in [1.165, 1.54) is 25.7 Å². The van der Waals surface area contributed by atoms with Crippen molar-refractivity contribution in [2.45, 2.75) is 56.5 Å². The normalized spacial score (nSPS) is 30.5. The summed E-state index contributed by atoms with van der Waals surface area (Å²) < 4.78 is 24.8. The summed E-state index contributed by atoms with van der Waals surface area (Å²) in [5, 5.41) is 3.29. The van der Waals surface area contributed by atoms with Crippen molar-refractivity contribution in [2.75, 3.05) is 0 Å². The van der Waals surface area contributed by atoms with Crippen molar-refractivity contribution in [2.24, 2.45) is 0 Å². The first-order valence-electron chi connectivity index (χ1n) is 4.80. The fourth-order valence-electron chi connectivity index (χ4n) is 2.20. The van der Waals surface area contributed by atoms with E-state index in [1.807, 2.05) is 0 Å². The molecule has 0 saturated heterocycles. The molecular formula is C9H15F2N. The second kappa shape index (κ2) is 2.95. The van der Waals surface area contributed by atoms with Crippen LogP contribution in [0.3, 0.4) is 0 Å². The zero-order chi connectivity index (χ0) is 8.60. The Balaban J connectivity index is 1.69. The molecule has 0 aromatic rings. The Kier molecular flexibility index (Phi) is 2.07. The Hall–Kier alpha value is -0.180. The molecule has 0 unspecified atom stereocenters. The van der Waals surface area contributed by atoms with Crippen LogP contribution in [0.2, 0.25) is 0 Å². The van der Waals surface area contributed by atoms with Crippen LogP contribution < -0.4 is 5.32 Å². The third kappa shape index (κ3) is 1.76. The van der Waals surface area contributed by atoms with Crippen LogP contribution in [-0.2, 0) is 0 Å². The first kappa shape index (κ1) is 8.42. The van der Waals surface area contributed by atoms with Gasteiger partial charge in [-0.2, -0.15) is 0 Å². The lowest BCUT2D eigenvalue weighted by molar-refractivity contribution is -0.0946. The third-order valence-electron chi connectivity index (χ3n) is 2.92. The molecule has 0 spiro atoms. The SMILES string of the molecule is FC1(F)CC(NC2CCCC2)C1. The second-order valence-corrected chi connectivity index (χ2v) is 4.11. The van der Waals surface area contributed by atoms with Crippen LogP contribution in [0.1, 0.15) is 38.5 Å². The van der Waals surface area contributed by atoms with Crippen LogP contribution in [0.4, 0.5) is 8.78 Å². The van der Waals surface area contributed by atoms with Crippen molar-refractivity contribution in [1.29, 1.82) is 0 Å². The highest BCUT2D eigenvalue weighted by Crippen LogP contribution is 2.38. The van der Waals surface area contributed by atoms with Crippen LogP contribution in [0, 0.1) is 0 Å². The number of nitrogens with one attached hydrogen (secondary N) is 1. The molecule has 0 radical (unpaired) electrons. The Bertz CT molecular complexity index is 156. The third-order valence-corrected chi connectivity index (χ3v) is 2.92. The Morgan fingerprint density at radius 3 is 2.08 bits per heavy atom. The van der Waals surface area contributed by atoms with Gasteiger partial charge < -0.3 is 5.32 Å². The van der Waals surface area contributed by atoms with Crippen molar-refractivity contribution in [3.63, 3.8) is 0 Å². The minimum atomic E-state index is -2.36. The van der Waals surface area contributed by atoms with Crippen molar-refractivity contribution >= 4 is 0 Å². The van der Waals surface area contributed by atoms with E-state index < -0.39 is 5.92 Å². The topological polar surface area (TPSA) is 12.0 Å². The molecule has 3 heteroatoms. The van der Waals surface area contributed by atoms with E-state index in [4.69, 9.17) is 0 Å². The van der Waals surface area contributed by atoms with E-state index in [1.54, 1.807) is 0 Å². The molecule has 0 aromatic carbocycles. The molecule has 0 aliphatic heterocycles. The average Bonchev–Trinajstić information content (AvgIpc) is 2.35. The molecule has 70 valence electrons. The van der Waals surface area contributed by atoms with Gasteiger partial charge in [0, 0.05) is 24.9 Å². The highest BCUT2D eigenvalue weighted by Gasteiger charge is 2.45. The van der Waals surface area contributed by atoms with Gasteiger partial charge in [0.25, 0.3) is 5.92 Å². The van der Waals surface area contributed by atoms with E-state index in [0.29, 0.717) is 6.04 Å². The van der Waals surface area contributed by atoms with Gasteiger partial charge in [0.2, 0.25) is 0 Å². The van der Waals surface area contributed by atoms with Crippen LogP contribution in [-0.4, -0.2) is 18.0 Å². The van der Waals surface area contributed by atoms with E-state index in [2.05, 4.69) is 5.32 Å². The lowest BCUT2D eigenvalue weighted by Crippen LogP contribution is -2.51. The summed E-state index contributed by atoms with van der Waals surface area (Å²) in [5.41, 5.74) is 0. The number of hydrogen-bond donors (Lipinski definition) is 1. The fraction of sp³-hybridized carbons (Fsp3) is 1.00. The highest BCUT2D eigenvalue weighted by atomic mass is 19.3. The summed E-state index contributed by atoms with van der Waals surface area (Å²) in [6.07, 6.45) is 5.01. The minimum absolute atomic E-state index is 0.0590. The quantitative estimate of drug-likeness (QED) is 0.679. The number of alkyl halides is 2. The monoisotopic (exact) mass is 175 g/mol. The summed E-state index contributed by atoms with van der Waals surface area (Å²) in [5.74, 6) is -2.36. The van der Waals surface area contributed by atoms with Crippen molar-refractivity contribution in [1.82, 2.24) is 5.32 Å². The summed E-state index contributed by atoms with van der Waals surface area (Å²) in [7, 11) is 0. The zero-order valence-corrected chi connectivity index (χ0v) is 7.15. The van der Waals surface area contributed by atoms with Crippen LogP contribution in [0.5, 0.6) is 0 Å². The van der Waals surface area contributed by atoms with E-state index in [9.17, 15) is 8.78 Å². The number of hydrogen-bond acceptors (Lipinski definition) is 1. The van der Waals surface area contributed by atoms with Crippen molar-refractivity contribution in [3.8, 4) is 0 Å². The van der Waals surface area contributed by atoms with Gasteiger partial charge in [0.1, 0.15) is 0 Å². The molecule has 0 amide bonds. The van der Waals surface area contributed by atoms with Crippen molar-refractivity contribution < 1.29 is 8.78 Å². The smallest absolute Gasteiger partial charge is 0.251 e. The van der Waals surface area contributed by atoms with Crippen molar-refractivity contribution in [3.05, 3.63) is 0 Å². The second-order valence-electron chi connectivity index (χ2n) is 4.11. The molecule has 1 N–H and O–H groups in total. The lowest BCUT2D eigenvalue weighted by atomic mass is 9.87. The molecule has 2 aliphatic rings. The number of halogens is 2. The van der Waals surface area contributed by atoms with Gasteiger partial charge >= 0.3 is 0 Å². The summed E-state index contributed by atoms with van der Waals surface area (Å²) in [6.45, 7) is 0. The summed E-state index contributed by atoms with van der Waals surface area (Å²) in [6, 6.07) is 0.634. The molecular weight excluding hydrogens is 160 g/mol. The van der Waals surface area contributed by atoms with Gasteiger partial charge in [-0.05, 0) is 12.8 Å². The van der Waals surface area contributed by atoms with Crippen LogP contribution in [0.15, 0.2) is 0 Å². The molecule has 0 heterocycles. The van der Waals surface area contributed by atoms with Gasteiger partial charge in [0.05, 0.1) is 0 Å². The first-order chi connectivity index (χ1) is 5.66. The van der Waals surface area contributed by atoms with Gasteiger partial charge in [-0.25, -0.2) is 8.78 Å². The Morgan fingerprint density at radius 2 is 1.58 bits per heavy atom. The largest absolute Gasteiger partial charge is 0.311 e. The summed E-state index contributed by atoms with van der Waals surface area (Å²) in [4.78, 5) is 0. The molecule has 2 saturated carbocycles.